The second kappa shape index (κ2) is 6.41. The molecule has 0 spiro atoms. The molecule has 0 aliphatic carbocycles. The number of hydrogen-bond donors (Lipinski definition) is 2. The van der Waals surface area contributed by atoms with Crippen LogP contribution in [-0.2, 0) is 9.59 Å². The summed E-state index contributed by atoms with van der Waals surface area (Å²) in [6.45, 7) is 3.51. The number of likely N-dealkylation sites (tertiary alicyclic amines) is 1. The molecule has 1 rings (SSSR count). The SMILES string of the molecule is C#CCNC(=O)CN1CCC(CCC)(C(=O)O)C1. The third-order valence-electron chi connectivity index (χ3n) is 3.37. The molecule has 0 aromatic heterocycles. The lowest BCUT2D eigenvalue weighted by atomic mass is 9.83. The fourth-order valence-corrected chi connectivity index (χ4v) is 2.47. The van der Waals surface area contributed by atoms with Gasteiger partial charge >= 0.3 is 5.97 Å². The molecule has 0 aromatic carbocycles. The van der Waals surface area contributed by atoms with Gasteiger partial charge in [-0.2, -0.15) is 0 Å². The Morgan fingerprint density at radius 3 is 2.83 bits per heavy atom. The smallest absolute Gasteiger partial charge is 0.310 e. The Morgan fingerprint density at radius 1 is 1.56 bits per heavy atom. The Morgan fingerprint density at radius 2 is 2.28 bits per heavy atom. The van der Waals surface area contributed by atoms with Gasteiger partial charge in [0.1, 0.15) is 0 Å². The highest BCUT2D eigenvalue weighted by Gasteiger charge is 2.44. The number of nitrogens with one attached hydrogen (secondary N) is 1. The van der Waals surface area contributed by atoms with E-state index in [1.165, 1.54) is 0 Å². The second-order valence-electron chi connectivity index (χ2n) is 4.78. The van der Waals surface area contributed by atoms with Gasteiger partial charge in [-0.25, -0.2) is 0 Å². The quantitative estimate of drug-likeness (QED) is 0.668. The molecule has 1 heterocycles. The summed E-state index contributed by atoms with van der Waals surface area (Å²) in [5.41, 5.74) is -0.679. The van der Waals surface area contributed by atoms with Gasteiger partial charge in [0, 0.05) is 6.54 Å². The van der Waals surface area contributed by atoms with Crippen LogP contribution in [0.5, 0.6) is 0 Å². The molecule has 1 aliphatic heterocycles. The molecule has 1 atom stereocenters. The summed E-state index contributed by atoms with van der Waals surface area (Å²) in [5.74, 6) is 1.43. The van der Waals surface area contributed by atoms with E-state index in [-0.39, 0.29) is 19.0 Å². The standard InChI is InChI=1S/C13H20N2O3/c1-3-5-13(12(17)18)6-8-15(10-13)9-11(16)14-7-4-2/h2H,3,5-10H2,1H3,(H,14,16)(H,17,18). The predicted octanol–water partition coefficient (Wildman–Crippen LogP) is 0.313. The van der Waals surface area contributed by atoms with Gasteiger partial charge in [0.05, 0.1) is 18.5 Å². The van der Waals surface area contributed by atoms with Crippen LogP contribution in [0.1, 0.15) is 26.2 Å². The number of aliphatic carboxylic acids is 1. The van der Waals surface area contributed by atoms with Crippen molar-refractivity contribution in [3.63, 3.8) is 0 Å². The van der Waals surface area contributed by atoms with Crippen molar-refractivity contribution in [1.29, 1.82) is 0 Å². The average molecular weight is 252 g/mol. The molecule has 0 radical (unpaired) electrons. The van der Waals surface area contributed by atoms with Gasteiger partial charge in [0.2, 0.25) is 5.91 Å². The normalized spacial score (nSPS) is 23.6. The lowest BCUT2D eigenvalue weighted by Crippen LogP contribution is -2.39. The van der Waals surface area contributed by atoms with Crippen molar-refractivity contribution in [2.45, 2.75) is 26.2 Å². The Labute approximate surface area is 108 Å². The minimum Gasteiger partial charge on any atom is -0.481 e. The zero-order valence-electron chi connectivity index (χ0n) is 10.7. The highest BCUT2D eigenvalue weighted by atomic mass is 16.4. The summed E-state index contributed by atoms with van der Waals surface area (Å²) < 4.78 is 0. The predicted molar refractivity (Wildman–Crippen MR) is 67.9 cm³/mol. The third kappa shape index (κ3) is 3.47. The lowest BCUT2D eigenvalue weighted by Gasteiger charge is -2.24. The van der Waals surface area contributed by atoms with Crippen molar-refractivity contribution in [2.24, 2.45) is 5.41 Å². The van der Waals surface area contributed by atoms with E-state index in [4.69, 9.17) is 6.42 Å². The first kappa shape index (κ1) is 14.5. The summed E-state index contributed by atoms with van der Waals surface area (Å²) in [6.07, 6.45) is 7.16. The molecule has 18 heavy (non-hydrogen) atoms. The highest BCUT2D eigenvalue weighted by Crippen LogP contribution is 2.35. The fourth-order valence-electron chi connectivity index (χ4n) is 2.47. The number of carbonyl (C=O) groups is 2. The Bertz CT molecular complexity index is 362. The van der Waals surface area contributed by atoms with Crippen LogP contribution in [0.3, 0.4) is 0 Å². The third-order valence-corrected chi connectivity index (χ3v) is 3.37. The molecular formula is C13H20N2O3. The van der Waals surface area contributed by atoms with Gasteiger partial charge in [0.15, 0.2) is 0 Å². The molecular weight excluding hydrogens is 232 g/mol. The van der Waals surface area contributed by atoms with Crippen LogP contribution in [-0.4, -0.2) is 48.1 Å². The topological polar surface area (TPSA) is 69.6 Å². The molecule has 0 saturated carbocycles. The van der Waals surface area contributed by atoms with Gasteiger partial charge < -0.3 is 10.4 Å². The Hall–Kier alpha value is -1.54. The summed E-state index contributed by atoms with van der Waals surface area (Å²) in [7, 11) is 0. The maximum Gasteiger partial charge on any atom is 0.310 e. The van der Waals surface area contributed by atoms with Crippen molar-refractivity contribution in [3.05, 3.63) is 0 Å². The maximum atomic E-state index is 11.5. The largest absolute Gasteiger partial charge is 0.481 e. The summed E-state index contributed by atoms with van der Waals surface area (Å²) in [5, 5.41) is 11.9. The maximum absolute atomic E-state index is 11.5. The molecule has 2 N–H and O–H groups in total. The Kier molecular flexibility index (Phi) is 5.17. The summed E-state index contributed by atoms with van der Waals surface area (Å²) >= 11 is 0. The van der Waals surface area contributed by atoms with Gasteiger partial charge in [-0.05, 0) is 19.4 Å². The molecule has 1 aliphatic rings. The van der Waals surface area contributed by atoms with Gasteiger partial charge in [-0.15, -0.1) is 6.42 Å². The number of carboxylic acids is 1. The van der Waals surface area contributed by atoms with E-state index < -0.39 is 11.4 Å². The van der Waals surface area contributed by atoms with E-state index >= 15 is 0 Å². The number of terminal acetylenes is 1. The van der Waals surface area contributed by atoms with Gasteiger partial charge in [-0.3, -0.25) is 14.5 Å². The van der Waals surface area contributed by atoms with Crippen LogP contribution in [0.2, 0.25) is 0 Å². The van der Waals surface area contributed by atoms with E-state index in [9.17, 15) is 14.7 Å². The molecule has 5 heteroatoms. The van der Waals surface area contributed by atoms with E-state index in [2.05, 4.69) is 11.2 Å². The second-order valence-corrected chi connectivity index (χ2v) is 4.78. The number of carbonyl (C=O) groups excluding carboxylic acids is 1. The summed E-state index contributed by atoms with van der Waals surface area (Å²) in [4.78, 5) is 24.7. The first-order valence-electron chi connectivity index (χ1n) is 6.20. The van der Waals surface area contributed by atoms with Crippen LogP contribution in [0, 0.1) is 17.8 Å². The minimum absolute atomic E-state index is 0.148. The van der Waals surface area contributed by atoms with E-state index in [1.807, 2.05) is 11.8 Å². The number of rotatable bonds is 6. The number of hydrogen-bond acceptors (Lipinski definition) is 3. The van der Waals surface area contributed by atoms with Gasteiger partial charge in [-0.1, -0.05) is 19.3 Å². The van der Waals surface area contributed by atoms with Crippen molar-refractivity contribution in [3.8, 4) is 12.3 Å². The first-order chi connectivity index (χ1) is 8.54. The minimum atomic E-state index is -0.754. The lowest BCUT2D eigenvalue weighted by molar-refractivity contribution is -0.148. The molecule has 1 fully saturated rings. The van der Waals surface area contributed by atoms with Crippen molar-refractivity contribution in [1.82, 2.24) is 10.2 Å². The van der Waals surface area contributed by atoms with Crippen LogP contribution in [0.25, 0.3) is 0 Å². The average Bonchev–Trinajstić information content (AvgIpc) is 2.71. The number of nitrogens with zero attached hydrogens (tertiary/aromatic N) is 1. The zero-order chi connectivity index (χ0) is 13.6. The first-order valence-corrected chi connectivity index (χ1v) is 6.20. The highest BCUT2D eigenvalue weighted by molar-refractivity contribution is 5.79. The summed E-state index contributed by atoms with van der Waals surface area (Å²) in [6, 6.07) is 0. The van der Waals surface area contributed by atoms with Crippen molar-refractivity contribution < 1.29 is 14.7 Å². The monoisotopic (exact) mass is 252 g/mol. The molecule has 5 nitrogen and oxygen atoms in total. The van der Waals surface area contributed by atoms with Crippen LogP contribution < -0.4 is 5.32 Å². The molecule has 1 amide bonds. The van der Waals surface area contributed by atoms with Gasteiger partial charge in [0.25, 0.3) is 0 Å². The molecule has 100 valence electrons. The van der Waals surface area contributed by atoms with Crippen LogP contribution >= 0.6 is 0 Å². The molecule has 0 aromatic rings. The van der Waals surface area contributed by atoms with E-state index in [0.29, 0.717) is 25.9 Å². The number of amides is 1. The van der Waals surface area contributed by atoms with Crippen LogP contribution in [0.15, 0.2) is 0 Å². The van der Waals surface area contributed by atoms with E-state index in [0.717, 1.165) is 6.42 Å². The zero-order valence-corrected chi connectivity index (χ0v) is 10.7. The number of carboxylic acid groups (broad SMARTS) is 1. The molecule has 1 saturated heterocycles. The Balaban J connectivity index is 2.51. The van der Waals surface area contributed by atoms with Crippen LogP contribution in [0.4, 0.5) is 0 Å². The van der Waals surface area contributed by atoms with Crippen molar-refractivity contribution in [2.75, 3.05) is 26.2 Å². The van der Waals surface area contributed by atoms with Crippen molar-refractivity contribution >= 4 is 11.9 Å². The molecule has 0 bridgehead atoms. The molecule has 1 unspecified atom stereocenters. The fraction of sp³-hybridized carbons (Fsp3) is 0.692. The van der Waals surface area contributed by atoms with E-state index in [1.54, 1.807) is 0 Å².